The molecule has 0 heterocycles. The van der Waals surface area contributed by atoms with Crippen molar-refractivity contribution >= 4 is 25.7 Å². The van der Waals surface area contributed by atoms with Gasteiger partial charge in [-0.15, -0.1) is 0 Å². The Kier molecular flexibility index (Phi) is 9.17. The second kappa shape index (κ2) is 9.99. The van der Waals surface area contributed by atoms with Gasteiger partial charge in [-0.25, -0.2) is 18.7 Å². The number of hydrogen-bond donors (Lipinski definition) is 3. The molecule has 0 aromatic heterocycles. The lowest BCUT2D eigenvalue weighted by Crippen LogP contribution is -2.43. The first-order valence-electron chi connectivity index (χ1n) is 7.12. The van der Waals surface area contributed by atoms with E-state index in [9.17, 15) is 23.5 Å². The van der Waals surface area contributed by atoms with Crippen LogP contribution in [0.5, 0.6) is 0 Å². The van der Waals surface area contributed by atoms with E-state index in [0.717, 1.165) is 0 Å². The van der Waals surface area contributed by atoms with Gasteiger partial charge >= 0.3 is 19.7 Å². The summed E-state index contributed by atoms with van der Waals surface area (Å²) in [6.45, 7) is 5.24. The summed E-state index contributed by atoms with van der Waals surface area (Å²) in [4.78, 5) is 33.7. The Morgan fingerprint density at radius 1 is 1.17 bits per heavy atom. The third kappa shape index (κ3) is 12.3. The predicted molar refractivity (Wildman–Crippen MR) is 80.8 cm³/mol. The number of carboxylic acid groups (broad SMARTS) is 1. The van der Waals surface area contributed by atoms with Crippen molar-refractivity contribution in [3.8, 4) is 0 Å². The normalized spacial score (nSPS) is 12.1. The standard InChI is InChI=1S/C13H23N2O7P/c1-13(2,3)22-12(19)15-9(11(17)18)6-4-5-7-14-10(16)8-23(20)21/h9H,4-8H2,1-3H3,(H,14,16)(H,15,19)(H,17,18)/t9-/m0/s1. The number of hydrogen-bond acceptors (Lipinski definition) is 6. The maximum Gasteiger partial charge on any atom is 0.408 e. The van der Waals surface area contributed by atoms with Crippen LogP contribution in [0.4, 0.5) is 4.79 Å². The van der Waals surface area contributed by atoms with Gasteiger partial charge in [0.05, 0.1) is 0 Å². The molecule has 0 unspecified atom stereocenters. The maximum absolute atomic E-state index is 11.5. The number of ether oxygens (including phenoxy) is 1. The average molecular weight is 350 g/mol. The van der Waals surface area contributed by atoms with Crippen LogP contribution in [-0.2, 0) is 23.5 Å². The van der Waals surface area contributed by atoms with Gasteiger partial charge in [0.2, 0.25) is 5.91 Å². The minimum atomic E-state index is -2.76. The van der Waals surface area contributed by atoms with Crippen molar-refractivity contribution in [3.05, 3.63) is 0 Å². The quantitative estimate of drug-likeness (QED) is 0.422. The summed E-state index contributed by atoms with van der Waals surface area (Å²) in [5.74, 6) is -1.77. The summed E-state index contributed by atoms with van der Waals surface area (Å²) in [5, 5.41) is 13.7. The largest absolute Gasteiger partial charge is 0.480 e. The lowest BCUT2D eigenvalue weighted by molar-refractivity contribution is -0.139. The van der Waals surface area contributed by atoms with Gasteiger partial charge in [-0.1, -0.05) is 0 Å². The molecule has 0 aromatic carbocycles. The molecule has 0 saturated carbocycles. The SMILES string of the molecule is CC(C)(C)OC(=O)N[C@@H](CCCCNC(=O)CP(=O)=O)C(=O)O. The topological polar surface area (TPSA) is 139 Å². The number of aliphatic carboxylic acids is 1. The molecule has 132 valence electrons. The molecule has 0 radical (unpaired) electrons. The van der Waals surface area contributed by atoms with Crippen LogP contribution in [0.15, 0.2) is 0 Å². The molecule has 9 nitrogen and oxygen atoms in total. The number of carboxylic acids is 1. The Balaban J connectivity index is 4.09. The molecule has 0 aliphatic rings. The molecule has 23 heavy (non-hydrogen) atoms. The molecular weight excluding hydrogens is 327 g/mol. The van der Waals surface area contributed by atoms with Crippen molar-refractivity contribution < 1.29 is 33.4 Å². The Bertz CT molecular complexity index is 489. The highest BCUT2D eigenvalue weighted by atomic mass is 31.1. The Morgan fingerprint density at radius 3 is 2.26 bits per heavy atom. The zero-order valence-electron chi connectivity index (χ0n) is 13.5. The van der Waals surface area contributed by atoms with Crippen molar-refractivity contribution in [2.45, 2.75) is 51.7 Å². The van der Waals surface area contributed by atoms with Gasteiger partial charge in [-0.3, -0.25) is 4.79 Å². The lowest BCUT2D eigenvalue weighted by atomic mass is 10.1. The van der Waals surface area contributed by atoms with E-state index in [-0.39, 0.29) is 13.0 Å². The molecule has 0 aliphatic heterocycles. The molecule has 0 aliphatic carbocycles. The predicted octanol–water partition coefficient (Wildman–Crippen LogP) is 1.42. The van der Waals surface area contributed by atoms with Crippen molar-refractivity contribution in [2.24, 2.45) is 0 Å². The molecule has 10 heteroatoms. The van der Waals surface area contributed by atoms with Gasteiger partial charge in [0.1, 0.15) is 17.8 Å². The van der Waals surface area contributed by atoms with E-state index in [4.69, 9.17) is 9.84 Å². The zero-order valence-corrected chi connectivity index (χ0v) is 14.4. The average Bonchev–Trinajstić information content (AvgIpc) is 2.33. The molecule has 0 bridgehead atoms. The smallest absolute Gasteiger partial charge is 0.408 e. The van der Waals surface area contributed by atoms with Gasteiger partial charge in [-0.05, 0) is 40.0 Å². The maximum atomic E-state index is 11.5. The Morgan fingerprint density at radius 2 is 1.78 bits per heavy atom. The number of alkyl carbamates (subject to hydrolysis) is 1. The van der Waals surface area contributed by atoms with E-state index in [2.05, 4.69) is 10.6 Å². The fourth-order valence-electron chi connectivity index (χ4n) is 1.58. The van der Waals surface area contributed by atoms with Crippen LogP contribution in [-0.4, -0.2) is 47.4 Å². The fourth-order valence-corrected chi connectivity index (χ4v) is 1.93. The first-order chi connectivity index (χ1) is 10.5. The van der Waals surface area contributed by atoms with Crippen LogP contribution < -0.4 is 10.6 Å². The van der Waals surface area contributed by atoms with E-state index in [1.807, 2.05) is 0 Å². The summed E-state index contributed by atoms with van der Waals surface area (Å²) in [7, 11) is -2.76. The number of amides is 2. The summed E-state index contributed by atoms with van der Waals surface area (Å²) < 4.78 is 25.6. The van der Waals surface area contributed by atoms with E-state index in [1.165, 1.54) is 0 Å². The number of carbonyl (C=O) groups is 3. The van der Waals surface area contributed by atoms with Crippen molar-refractivity contribution in [2.75, 3.05) is 12.7 Å². The van der Waals surface area contributed by atoms with Gasteiger partial charge in [0.15, 0.2) is 0 Å². The molecule has 0 spiro atoms. The summed E-state index contributed by atoms with van der Waals surface area (Å²) >= 11 is 0. The van der Waals surface area contributed by atoms with E-state index >= 15 is 0 Å². The fraction of sp³-hybridized carbons (Fsp3) is 0.769. The molecule has 0 rings (SSSR count). The highest BCUT2D eigenvalue weighted by molar-refractivity contribution is 7.32. The minimum Gasteiger partial charge on any atom is -0.480 e. The van der Waals surface area contributed by atoms with E-state index in [1.54, 1.807) is 20.8 Å². The van der Waals surface area contributed by atoms with Crippen molar-refractivity contribution in [1.29, 1.82) is 0 Å². The second-order valence-corrected chi connectivity index (χ2v) is 6.86. The first-order valence-corrected chi connectivity index (χ1v) is 8.48. The van der Waals surface area contributed by atoms with Crippen LogP contribution in [0, 0.1) is 0 Å². The Hall–Kier alpha value is -1.89. The highest BCUT2D eigenvalue weighted by Gasteiger charge is 2.23. The second-order valence-electron chi connectivity index (χ2n) is 5.87. The van der Waals surface area contributed by atoms with Crippen molar-refractivity contribution in [3.63, 3.8) is 0 Å². The highest BCUT2D eigenvalue weighted by Crippen LogP contribution is 2.08. The van der Waals surface area contributed by atoms with Crippen LogP contribution in [0.1, 0.15) is 40.0 Å². The van der Waals surface area contributed by atoms with Gasteiger partial charge in [-0.2, -0.15) is 0 Å². The minimum absolute atomic E-state index is 0.167. The number of nitrogens with one attached hydrogen (secondary N) is 2. The molecule has 0 saturated heterocycles. The zero-order chi connectivity index (χ0) is 18.0. The summed E-state index contributed by atoms with van der Waals surface area (Å²) in [5.41, 5.74) is -0.722. The van der Waals surface area contributed by atoms with Crippen molar-refractivity contribution in [1.82, 2.24) is 10.6 Å². The molecule has 1 atom stereocenters. The third-order valence-electron chi connectivity index (χ3n) is 2.50. The van der Waals surface area contributed by atoms with Crippen LogP contribution in [0.3, 0.4) is 0 Å². The molecule has 2 amide bonds. The Labute approximate surface area is 135 Å². The monoisotopic (exact) mass is 350 g/mol. The van der Waals surface area contributed by atoms with Gasteiger partial charge < -0.3 is 20.5 Å². The number of carbonyl (C=O) groups excluding carboxylic acids is 2. The third-order valence-corrected chi connectivity index (χ3v) is 3.05. The van der Waals surface area contributed by atoms with Crippen LogP contribution in [0.2, 0.25) is 0 Å². The van der Waals surface area contributed by atoms with Crippen LogP contribution in [0.25, 0.3) is 0 Å². The number of rotatable bonds is 9. The number of unbranched alkanes of at least 4 members (excludes halogenated alkanes) is 1. The first kappa shape index (κ1) is 21.1. The van der Waals surface area contributed by atoms with Gasteiger partial charge in [0, 0.05) is 6.54 Å². The van der Waals surface area contributed by atoms with Gasteiger partial charge in [0.25, 0.3) is 0 Å². The van der Waals surface area contributed by atoms with Crippen LogP contribution >= 0.6 is 7.68 Å². The summed E-state index contributed by atoms with van der Waals surface area (Å²) in [6.07, 6.45) is -0.317. The van der Waals surface area contributed by atoms with E-state index < -0.39 is 43.5 Å². The molecule has 0 fully saturated rings. The molecule has 0 aromatic rings. The summed E-state index contributed by atoms with van der Waals surface area (Å²) in [6, 6.07) is -1.09. The molecule has 3 N–H and O–H groups in total. The molecular formula is C13H23N2O7P. The van der Waals surface area contributed by atoms with E-state index in [0.29, 0.717) is 12.8 Å². The lowest BCUT2D eigenvalue weighted by Gasteiger charge is -2.22.